The predicted molar refractivity (Wildman–Crippen MR) is 48.8 cm³/mol. The lowest BCUT2D eigenvalue weighted by atomic mass is 10.5. The highest BCUT2D eigenvalue weighted by molar-refractivity contribution is 7.07. The van der Waals surface area contributed by atoms with E-state index in [0.29, 0.717) is 12.2 Å². The molecule has 0 bridgehead atoms. The Morgan fingerprint density at radius 1 is 1.54 bits per heavy atom. The van der Waals surface area contributed by atoms with E-state index in [0.717, 1.165) is 12.0 Å². The molecule has 0 fully saturated rings. The van der Waals surface area contributed by atoms with Gasteiger partial charge in [-0.1, -0.05) is 0 Å². The SMILES string of the molecule is O=Cc1cn(Cc2cscn2)cn1. The molecule has 2 aromatic heterocycles. The smallest absolute Gasteiger partial charge is 0.169 e. The van der Waals surface area contributed by atoms with Crippen LogP contribution in [0.25, 0.3) is 0 Å². The molecular weight excluding hydrogens is 186 g/mol. The van der Waals surface area contributed by atoms with Crippen LogP contribution in [-0.4, -0.2) is 20.8 Å². The third-order valence-electron chi connectivity index (χ3n) is 1.60. The van der Waals surface area contributed by atoms with E-state index in [1.165, 1.54) is 0 Å². The van der Waals surface area contributed by atoms with Gasteiger partial charge < -0.3 is 4.57 Å². The van der Waals surface area contributed by atoms with Crippen LogP contribution in [0.3, 0.4) is 0 Å². The quantitative estimate of drug-likeness (QED) is 0.688. The topological polar surface area (TPSA) is 47.8 Å². The molecule has 0 aliphatic heterocycles. The van der Waals surface area contributed by atoms with Crippen LogP contribution >= 0.6 is 11.3 Å². The Balaban J connectivity index is 2.14. The highest BCUT2D eigenvalue weighted by Gasteiger charge is 1.98. The van der Waals surface area contributed by atoms with Crippen LogP contribution in [-0.2, 0) is 6.54 Å². The molecule has 2 aromatic rings. The van der Waals surface area contributed by atoms with Gasteiger partial charge >= 0.3 is 0 Å². The van der Waals surface area contributed by atoms with Gasteiger partial charge in [-0.25, -0.2) is 9.97 Å². The van der Waals surface area contributed by atoms with Crippen LogP contribution in [0.1, 0.15) is 16.2 Å². The maximum atomic E-state index is 10.3. The van der Waals surface area contributed by atoms with E-state index in [1.807, 2.05) is 9.95 Å². The Kier molecular flexibility index (Phi) is 2.18. The number of hydrogen-bond acceptors (Lipinski definition) is 4. The van der Waals surface area contributed by atoms with E-state index in [9.17, 15) is 4.79 Å². The molecule has 2 heterocycles. The number of aldehydes is 1. The molecule has 0 aromatic carbocycles. The summed E-state index contributed by atoms with van der Waals surface area (Å²) in [7, 11) is 0. The number of rotatable bonds is 3. The Hall–Kier alpha value is -1.49. The van der Waals surface area contributed by atoms with E-state index in [2.05, 4.69) is 9.97 Å². The summed E-state index contributed by atoms with van der Waals surface area (Å²) in [6, 6.07) is 0. The first-order chi connectivity index (χ1) is 6.38. The van der Waals surface area contributed by atoms with Crippen LogP contribution in [0.2, 0.25) is 0 Å². The van der Waals surface area contributed by atoms with Crippen LogP contribution in [0.15, 0.2) is 23.4 Å². The number of nitrogens with zero attached hydrogens (tertiary/aromatic N) is 3. The number of carbonyl (C=O) groups is 1. The van der Waals surface area contributed by atoms with Crippen molar-refractivity contribution < 1.29 is 4.79 Å². The van der Waals surface area contributed by atoms with Crippen molar-refractivity contribution in [2.45, 2.75) is 6.54 Å². The average molecular weight is 193 g/mol. The first-order valence-corrected chi connectivity index (χ1v) is 4.67. The van der Waals surface area contributed by atoms with Gasteiger partial charge in [0.15, 0.2) is 6.29 Å². The van der Waals surface area contributed by atoms with Crippen molar-refractivity contribution in [3.8, 4) is 0 Å². The molecule has 5 heteroatoms. The summed E-state index contributed by atoms with van der Waals surface area (Å²) in [5.74, 6) is 0. The lowest BCUT2D eigenvalue weighted by Gasteiger charge is -1.95. The molecule has 4 nitrogen and oxygen atoms in total. The van der Waals surface area contributed by atoms with Crippen molar-refractivity contribution >= 4 is 17.6 Å². The van der Waals surface area contributed by atoms with E-state index in [1.54, 1.807) is 29.4 Å². The molecule has 0 spiro atoms. The van der Waals surface area contributed by atoms with Gasteiger partial charge in [0.05, 0.1) is 24.1 Å². The van der Waals surface area contributed by atoms with Crippen LogP contribution in [0, 0.1) is 0 Å². The lowest BCUT2D eigenvalue weighted by molar-refractivity contribution is 0.111. The lowest BCUT2D eigenvalue weighted by Crippen LogP contribution is -1.95. The molecule has 0 saturated heterocycles. The van der Waals surface area contributed by atoms with E-state index in [-0.39, 0.29) is 0 Å². The highest BCUT2D eigenvalue weighted by Crippen LogP contribution is 2.03. The van der Waals surface area contributed by atoms with Gasteiger partial charge in [0, 0.05) is 11.6 Å². The van der Waals surface area contributed by atoms with Crippen LogP contribution in [0.5, 0.6) is 0 Å². The minimum atomic E-state index is 0.454. The van der Waals surface area contributed by atoms with Crippen molar-refractivity contribution in [2.75, 3.05) is 0 Å². The third kappa shape index (κ3) is 1.81. The second-order valence-electron chi connectivity index (χ2n) is 2.57. The van der Waals surface area contributed by atoms with Gasteiger partial charge in [0.1, 0.15) is 5.69 Å². The maximum absolute atomic E-state index is 10.3. The normalized spacial score (nSPS) is 10.2. The minimum absolute atomic E-state index is 0.454. The largest absolute Gasteiger partial charge is 0.331 e. The number of carbonyl (C=O) groups excluding carboxylic acids is 1. The second-order valence-corrected chi connectivity index (χ2v) is 3.29. The molecule has 0 saturated carbocycles. The molecule has 0 atom stereocenters. The summed E-state index contributed by atoms with van der Waals surface area (Å²) in [6.07, 6.45) is 4.06. The number of thiazole rings is 1. The summed E-state index contributed by atoms with van der Waals surface area (Å²) in [5.41, 5.74) is 3.22. The van der Waals surface area contributed by atoms with Gasteiger partial charge in [0.25, 0.3) is 0 Å². The first kappa shape index (κ1) is 8.12. The number of imidazole rings is 1. The van der Waals surface area contributed by atoms with Crippen LogP contribution < -0.4 is 0 Å². The van der Waals surface area contributed by atoms with Gasteiger partial charge in [-0.2, -0.15) is 0 Å². The number of aromatic nitrogens is 3. The summed E-state index contributed by atoms with van der Waals surface area (Å²) in [4.78, 5) is 18.3. The van der Waals surface area contributed by atoms with E-state index in [4.69, 9.17) is 0 Å². The van der Waals surface area contributed by atoms with Gasteiger partial charge in [-0.3, -0.25) is 4.79 Å². The fraction of sp³-hybridized carbons (Fsp3) is 0.125. The molecule has 0 aliphatic carbocycles. The Morgan fingerprint density at radius 2 is 2.46 bits per heavy atom. The predicted octanol–water partition coefficient (Wildman–Crippen LogP) is 1.20. The molecule has 0 unspecified atom stereocenters. The third-order valence-corrected chi connectivity index (χ3v) is 2.24. The molecule has 0 aliphatic rings. The molecule has 0 radical (unpaired) electrons. The Bertz CT molecular complexity index is 393. The monoisotopic (exact) mass is 193 g/mol. The Labute approximate surface area is 78.9 Å². The van der Waals surface area contributed by atoms with E-state index >= 15 is 0 Å². The summed E-state index contributed by atoms with van der Waals surface area (Å²) in [6.45, 7) is 0.671. The van der Waals surface area contributed by atoms with Crippen molar-refractivity contribution in [3.63, 3.8) is 0 Å². The maximum Gasteiger partial charge on any atom is 0.169 e. The van der Waals surface area contributed by atoms with Crippen molar-refractivity contribution in [1.82, 2.24) is 14.5 Å². The van der Waals surface area contributed by atoms with Gasteiger partial charge in [0.2, 0.25) is 0 Å². The van der Waals surface area contributed by atoms with Crippen LogP contribution in [0.4, 0.5) is 0 Å². The standard InChI is InChI=1S/C8H7N3OS/c12-3-7-1-11(5-9-7)2-8-4-13-6-10-8/h1,3-6H,2H2. The summed E-state index contributed by atoms with van der Waals surface area (Å²) >= 11 is 1.56. The molecule has 2 rings (SSSR count). The highest BCUT2D eigenvalue weighted by atomic mass is 32.1. The summed E-state index contributed by atoms with van der Waals surface area (Å²) < 4.78 is 1.83. The number of hydrogen-bond donors (Lipinski definition) is 0. The molecular formula is C8H7N3OS. The molecule has 66 valence electrons. The van der Waals surface area contributed by atoms with E-state index < -0.39 is 0 Å². The average Bonchev–Trinajstić information content (AvgIpc) is 2.76. The van der Waals surface area contributed by atoms with Crippen molar-refractivity contribution in [2.24, 2.45) is 0 Å². The summed E-state index contributed by atoms with van der Waals surface area (Å²) in [5, 5.41) is 1.97. The molecule has 0 amide bonds. The molecule has 13 heavy (non-hydrogen) atoms. The van der Waals surface area contributed by atoms with Gasteiger partial charge in [-0.05, 0) is 0 Å². The molecule has 0 N–H and O–H groups in total. The minimum Gasteiger partial charge on any atom is -0.331 e. The fourth-order valence-corrected chi connectivity index (χ4v) is 1.58. The van der Waals surface area contributed by atoms with Crippen molar-refractivity contribution in [1.29, 1.82) is 0 Å². The zero-order valence-electron chi connectivity index (χ0n) is 6.75. The zero-order valence-corrected chi connectivity index (χ0v) is 7.57. The fourth-order valence-electron chi connectivity index (χ4n) is 1.03. The zero-order chi connectivity index (χ0) is 9.10. The second kappa shape index (κ2) is 3.49. The first-order valence-electron chi connectivity index (χ1n) is 3.72. The Morgan fingerprint density at radius 3 is 3.08 bits per heavy atom. The van der Waals surface area contributed by atoms with Crippen molar-refractivity contribution in [3.05, 3.63) is 34.8 Å². The van der Waals surface area contributed by atoms with Gasteiger partial charge in [-0.15, -0.1) is 11.3 Å².